The molecule has 0 fully saturated rings. The number of halogens is 1. The number of hydrogen-bond acceptors (Lipinski definition) is 1. The number of hydrogen-bond donors (Lipinski definition) is 1. The topological polar surface area (TPSA) is 20.2 Å². The highest BCUT2D eigenvalue weighted by Gasteiger charge is 2.00. The van der Waals surface area contributed by atoms with Crippen LogP contribution in [0.3, 0.4) is 0 Å². The van der Waals surface area contributed by atoms with Crippen LogP contribution in [0.1, 0.15) is 11.7 Å². The van der Waals surface area contributed by atoms with Gasteiger partial charge in [-0.15, -0.1) is 6.58 Å². The summed E-state index contributed by atoms with van der Waals surface area (Å²) in [6.45, 7) is 3.51. The summed E-state index contributed by atoms with van der Waals surface area (Å²) < 4.78 is 1.13. The second-order valence-electron chi connectivity index (χ2n) is 2.24. The Morgan fingerprint density at radius 3 is 2.82 bits per heavy atom. The van der Waals surface area contributed by atoms with Crippen molar-refractivity contribution in [3.63, 3.8) is 0 Å². The average Bonchev–Trinajstić information content (AvgIpc) is 2.03. The van der Waals surface area contributed by atoms with Crippen LogP contribution in [0.15, 0.2) is 36.9 Å². The lowest BCUT2D eigenvalue weighted by atomic mass is 10.1. The quantitative estimate of drug-likeness (QED) is 0.639. The van der Waals surface area contributed by atoms with Crippen molar-refractivity contribution in [2.45, 2.75) is 6.10 Å². The average molecular weight is 260 g/mol. The molecule has 0 aliphatic carbocycles. The number of aliphatic hydroxyl groups is 1. The summed E-state index contributed by atoms with van der Waals surface area (Å²) in [5, 5.41) is 9.33. The summed E-state index contributed by atoms with van der Waals surface area (Å²) in [5.74, 6) is 0. The smallest absolute Gasteiger partial charge is 0.0969 e. The molecule has 58 valence electrons. The molecule has 1 aromatic rings. The fourth-order valence-electron chi connectivity index (χ4n) is 0.827. The molecule has 1 unspecified atom stereocenters. The van der Waals surface area contributed by atoms with Crippen molar-refractivity contribution in [3.8, 4) is 0 Å². The molecule has 1 aromatic carbocycles. The number of rotatable bonds is 2. The Kier molecular flexibility index (Phi) is 3.08. The van der Waals surface area contributed by atoms with Crippen LogP contribution in [0.5, 0.6) is 0 Å². The second kappa shape index (κ2) is 3.88. The van der Waals surface area contributed by atoms with Gasteiger partial charge in [-0.05, 0) is 40.3 Å². The molecule has 0 saturated carbocycles. The van der Waals surface area contributed by atoms with Crippen molar-refractivity contribution in [3.05, 3.63) is 46.1 Å². The lowest BCUT2D eigenvalue weighted by Crippen LogP contribution is -1.91. The Bertz CT molecular complexity index is 257. The van der Waals surface area contributed by atoms with E-state index in [1.807, 2.05) is 24.3 Å². The standard InChI is InChI=1S/C9H9IO/c1-2-9(11)7-4-3-5-8(10)6-7/h2-6,9,11H,1H2. The van der Waals surface area contributed by atoms with E-state index in [4.69, 9.17) is 0 Å². The van der Waals surface area contributed by atoms with Gasteiger partial charge in [-0.2, -0.15) is 0 Å². The van der Waals surface area contributed by atoms with Crippen LogP contribution < -0.4 is 0 Å². The summed E-state index contributed by atoms with van der Waals surface area (Å²) in [5.41, 5.74) is 0.895. The van der Waals surface area contributed by atoms with Gasteiger partial charge in [0, 0.05) is 3.57 Å². The highest BCUT2D eigenvalue weighted by Crippen LogP contribution is 2.15. The molecule has 0 aliphatic heterocycles. The van der Waals surface area contributed by atoms with Crippen LogP contribution in [-0.4, -0.2) is 5.11 Å². The number of benzene rings is 1. The molecule has 0 aromatic heterocycles. The molecule has 11 heavy (non-hydrogen) atoms. The van der Waals surface area contributed by atoms with Crippen molar-refractivity contribution < 1.29 is 5.11 Å². The lowest BCUT2D eigenvalue weighted by molar-refractivity contribution is 0.229. The largest absolute Gasteiger partial charge is 0.384 e. The van der Waals surface area contributed by atoms with E-state index in [9.17, 15) is 5.11 Å². The highest BCUT2D eigenvalue weighted by molar-refractivity contribution is 14.1. The third-order valence-electron chi connectivity index (χ3n) is 1.41. The van der Waals surface area contributed by atoms with Crippen molar-refractivity contribution >= 4 is 22.6 Å². The summed E-state index contributed by atoms with van der Waals surface area (Å²) >= 11 is 2.21. The van der Waals surface area contributed by atoms with Crippen molar-refractivity contribution in [2.24, 2.45) is 0 Å². The van der Waals surface area contributed by atoms with Crippen molar-refractivity contribution in [1.29, 1.82) is 0 Å². The van der Waals surface area contributed by atoms with Crippen LogP contribution in [0, 0.1) is 3.57 Å². The monoisotopic (exact) mass is 260 g/mol. The van der Waals surface area contributed by atoms with Gasteiger partial charge in [-0.3, -0.25) is 0 Å². The predicted octanol–water partition coefficient (Wildman–Crippen LogP) is 2.51. The maximum Gasteiger partial charge on any atom is 0.0969 e. The van der Waals surface area contributed by atoms with Crippen LogP contribution in [0.25, 0.3) is 0 Å². The third-order valence-corrected chi connectivity index (χ3v) is 2.08. The first kappa shape index (κ1) is 8.74. The zero-order valence-corrected chi connectivity index (χ0v) is 8.15. The first-order chi connectivity index (χ1) is 5.24. The van der Waals surface area contributed by atoms with Crippen LogP contribution in [0.4, 0.5) is 0 Å². The van der Waals surface area contributed by atoms with Gasteiger partial charge in [0.05, 0.1) is 6.10 Å². The SMILES string of the molecule is C=CC(O)c1cccc(I)c1. The molecule has 0 saturated heterocycles. The third kappa shape index (κ3) is 2.31. The van der Waals surface area contributed by atoms with Crippen molar-refractivity contribution in [2.75, 3.05) is 0 Å². The highest BCUT2D eigenvalue weighted by atomic mass is 127. The molecule has 0 radical (unpaired) electrons. The van der Waals surface area contributed by atoms with Crippen LogP contribution >= 0.6 is 22.6 Å². The maximum absolute atomic E-state index is 9.33. The van der Waals surface area contributed by atoms with Gasteiger partial charge >= 0.3 is 0 Å². The van der Waals surface area contributed by atoms with E-state index in [2.05, 4.69) is 29.2 Å². The number of aliphatic hydroxyl groups excluding tert-OH is 1. The van der Waals surface area contributed by atoms with E-state index in [1.54, 1.807) is 0 Å². The molecule has 1 nitrogen and oxygen atoms in total. The summed E-state index contributed by atoms with van der Waals surface area (Å²) in [6, 6.07) is 7.73. The molecule has 0 aliphatic rings. The second-order valence-corrected chi connectivity index (χ2v) is 3.48. The van der Waals surface area contributed by atoms with Gasteiger partial charge in [0.1, 0.15) is 0 Å². The van der Waals surface area contributed by atoms with Crippen LogP contribution in [-0.2, 0) is 0 Å². The van der Waals surface area contributed by atoms with Gasteiger partial charge in [0.2, 0.25) is 0 Å². The molecule has 0 bridgehead atoms. The zero-order chi connectivity index (χ0) is 8.27. The first-order valence-electron chi connectivity index (χ1n) is 3.30. The van der Waals surface area contributed by atoms with Gasteiger partial charge in [0.25, 0.3) is 0 Å². The summed E-state index contributed by atoms with van der Waals surface area (Å²) in [7, 11) is 0. The van der Waals surface area contributed by atoms with E-state index in [-0.39, 0.29) is 0 Å². The van der Waals surface area contributed by atoms with E-state index in [0.29, 0.717) is 0 Å². The Morgan fingerprint density at radius 1 is 1.55 bits per heavy atom. The Balaban J connectivity index is 2.95. The first-order valence-corrected chi connectivity index (χ1v) is 4.38. The van der Waals surface area contributed by atoms with E-state index >= 15 is 0 Å². The predicted molar refractivity (Wildman–Crippen MR) is 54.3 cm³/mol. The van der Waals surface area contributed by atoms with Gasteiger partial charge in [-0.1, -0.05) is 18.2 Å². The fourth-order valence-corrected chi connectivity index (χ4v) is 1.39. The molecule has 1 atom stereocenters. The molecule has 0 amide bonds. The molecule has 1 rings (SSSR count). The maximum atomic E-state index is 9.33. The molecule has 1 N–H and O–H groups in total. The van der Waals surface area contributed by atoms with E-state index < -0.39 is 6.10 Å². The van der Waals surface area contributed by atoms with E-state index in [1.165, 1.54) is 6.08 Å². The normalized spacial score (nSPS) is 12.5. The minimum Gasteiger partial charge on any atom is -0.384 e. The lowest BCUT2D eigenvalue weighted by Gasteiger charge is -2.04. The summed E-state index contributed by atoms with van der Waals surface area (Å²) in [4.78, 5) is 0. The van der Waals surface area contributed by atoms with Gasteiger partial charge < -0.3 is 5.11 Å². The summed E-state index contributed by atoms with van der Waals surface area (Å²) in [6.07, 6.45) is 0.982. The minimum atomic E-state index is -0.537. The molecular formula is C9H9IO. The van der Waals surface area contributed by atoms with Gasteiger partial charge in [0.15, 0.2) is 0 Å². The van der Waals surface area contributed by atoms with Crippen molar-refractivity contribution in [1.82, 2.24) is 0 Å². The van der Waals surface area contributed by atoms with Gasteiger partial charge in [-0.25, -0.2) is 0 Å². The Hall–Kier alpha value is -0.350. The van der Waals surface area contributed by atoms with Crippen LogP contribution in [0.2, 0.25) is 0 Å². The fraction of sp³-hybridized carbons (Fsp3) is 0.111. The molecule has 2 heteroatoms. The Labute approximate surface area is 79.9 Å². The Morgan fingerprint density at radius 2 is 2.27 bits per heavy atom. The molecular weight excluding hydrogens is 251 g/mol. The molecule has 0 heterocycles. The zero-order valence-electron chi connectivity index (χ0n) is 6.00. The minimum absolute atomic E-state index is 0.537. The molecule has 0 spiro atoms. The van der Waals surface area contributed by atoms with E-state index in [0.717, 1.165) is 9.13 Å².